The van der Waals surface area contributed by atoms with Gasteiger partial charge in [0.25, 0.3) is 5.69 Å². The number of nitro groups is 1. The molecule has 2 saturated heterocycles. The highest BCUT2D eigenvalue weighted by Crippen LogP contribution is 2.44. The Morgan fingerprint density at radius 3 is 2.02 bits per heavy atom. The number of rotatable bonds is 7. The van der Waals surface area contributed by atoms with E-state index in [1.54, 1.807) is 4.90 Å². The van der Waals surface area contributed by atoms with Crippen LogP contribution in [-0.2, 0) is 21.9 Å². The van der Waals surface area contributed by atoms with Crippen LogP contribution in [0.15, 0.2) is 36.4 Å². The van der Waals surface area contributed by atoms with Gasteiger partial charge in [-0.25, -0.2) is 0 Å². The van der Waals surface area contributed by atoms with Crippen LogP contribution >= 0.6 is 0 Å². The quantitative estimate of drug-likeness (QED) is 0.272. The lowest BCUT2D eigenvalue weighted by atomic mass is 9.94. The SMILES string of the molecule is O=C(O)CNC(=O)C1CCN(c2cc(N3CCN(c4cccc(C(F)(F)F)c4)CC3)c([N+](=O)[O-])cc2C(F)(F)F)CC1. The van der Waals surface area contributed by atoms with Gasteiger partial charge in [-0.2, -0.15) is 26.3 Å². The first-order chi connectivity index (χ1) is 19.6. The van der Waals surface area contributed by atoms with Gasteiger partial charge in [0.2, 0.25) is 5.91 Å². The predicted octanol–water partition coefficient (Wildman–Crippen LogP) is 4.38. The van der Waals surface area contributed by atoms with Crippen molar-refractivity contribution in [2.24, 2.45) is 5.92 Å². The molecule has 10 nitrogen and oxygen atoms in total. The van der Waals surface area contributed by atoms with Crippen LogP contribution in [0.4, 0.5) is 49.1 Å². The van der Waals surface area contributed by atoms with E-state index in [2.05, 4.69) is 5.32 Å². The molecule has 0 radical (unpaired) electrons. The van der Waals surface area contributed by atoms with Gasteiger partial charge in [0, 0.05) is 56.9 Å². The number of piperidine rings is 1. The number of carbonyl (C=O) groups is 2. The van der Waals surface area contributed by atoms with Crippen molar-refractivity contribution in [3.63, 3.8) is 0 Å². The average molecular weight is 604 g/mol. The summed E-state index contributed by atoms with van der Waals surface area (Å²) in [5.41, 5.74) is -2.80. The van der Waals surface area contributed by atoms with Gasteiger partial charge >= 0.3 is 18.3 Å². The number of carboxylic acids is 1. The fourth-order valence-electron chi connectivity index (χ4n) is 5.23. The number of aliphatic carboxylic acids is 1. The van der Waals surface area contributed by atoms with E-state index >= 15 is 0 Å². The lowest BCUT2D eigenvalue weighted by molar-refractivity contribution is -0.384. The standard InChI is InChI=1S/C26H27F6N5O5/c27-25(28,29)17-2-1-3-18(12-17)34-8-10-36(11-9-34)21-14-20(19(26(30,31)32)13-22(21)37(41)42)35-6-4-16(5-7-35)24(40)33-15-23(38)39/h1-3,12-14,16H,4-11,15H2,(H,33,40)(H,38,39). The second kappa shape index (κ2) is 11.9. The monoisotopic (exact) mass is 603 g/mol. The van der Waals surface area contributed by atoms with Gasteiger partial charge in [-0.3, -0.25) is 19.7 Å². The molecule has 228 valence electrons. The summed E-state index contributed by atoms with van der Waals surface area (Å²) < 4.78 is 81.7. The molecule has 0 spiro atoms. The fourth-order valence-corrected chi connectivity index (χ4v) is 5.23. The first kappa shape index (κ1) is 30.7. The zero-order chi connectivity index (χ0) is 30.8. The number of anilines is 3. The van der Waals surface area contributed by atoms with Crippen LogP contribution in [0.1, 0.15) is 24.0 Å². The molecule has 0 aromatic heterocycles. The van der Waals surface area contributed by atoms with E-state index in [1.165, 1.54) is 21.9 Å². The first-order valence-electron chi connectivity index (χ1n) is 13.0. The van der Waals surface area contributed by atoms with Gasteiger partial charge in [0.05, 0.1) is 21.7 Å². The Kier molecular flexibility index (Phi) is 8.73. The summed E-state index contributed by atoms with van der Waals surface area (Å²) in [5.74, 6) is -2.35. The van der Waals surface area contributed by atoms with Crippen LogP contribution in [0.3, 0.4) is 0 Å². The van der Waals surface area contributed by atoms with Gasteiger partial charge in [-0.05, 0) is 37.1 Å². The number of piperazine rings is 1. The van der Waals surface area contributed by atoms with Gasteiger partial charge in [-0.1, -0.05) is 6.07 Å². The smallest absolute Gasteiger partial charge is 0.418 e. The normalized spacial score (nSPS) is 16.9. The third-order valence-electron chi connectivity index (χ3n) is 7.37. The summed E-state index contributed by atoms with van der Waals surface area (Å²) in [6.45, 7) is 0.0202. The molecule has 2 aliphatic heterocycles. The minimum absolute atomic E-state index is 0.0226. The number of amides is 1. The molecule has 1 amide bonds. The fraction of sp³-hybridized carbons (Fsp3) is 0.462. The summed E-state index contributed by atoms with van der Waals surface area (Å²) >= 11 is 0. The molecular weight excluding hydrogens is 576 g/mol. The lowest BCUT2D eigenvalue weighted by Gasteiger charge is -2.38. The molecule has 2 aliphatic rings. The molecule has 0 unspecified atom stereocenters. The van der Waals surface area contributed by atoms with Gasteiger partial charge < -0.3 is 25.1 Å². The Labute approximate surface area is 235 Å². The molecular formula is C26H27F6N5O5. The third-order valence-corrected chi connectivity index (χ3v) is 7.37. The second-order valence-electron chi connectivity index (χ2n) is 10.0. The second-order valence-corrected chi connectivity index (χ2v) is 10.0. The Hall–Kier alpha value is -4.24. The van der Waals surface area contributed by atoms with Crippen LogP contribution in [-0.4, -0.2) is 67.7 Å². The van der Waals surface area contributed by atoms with E-state index in [0.717, 1.165) is 18.2 Å². The Morgan fingerprint density at radius 1 is 0.881 bits per heavy atom. The van der Waals surface area contributed by atoms with Crippen molar-refractivity contribution in [3.8, 4) is 0 Å². The molecule has 0 saturated carbocycles. The van der Waals surface area contributed by atoms with E-state index < -0.39 is 58.4 Å². The van der Waals surface area contributed by atoms with Gasteiger partial charge in [0.15, 0.2) is 0 Å². The largest absolute Gasteiger partial charge is 0.480 e. The Morgan fingerprint density at radius 2 is 1.48 bits per heavy atom. The molecule has 2 N–H and O–H groups in total. The number of hydrogen-bond acceptors (Lipinski definition) is 7. The number of nitrogens with one attached hydrogen (secondary N) is 1. The number of nitro benzene ring substituents is 1. The van der Waals surface area contributed by atoms with Crippen molar-refractivity contribution in [3.05, 3.63) is 57.6 Å². The maximum absolute atomic E-state index is 14.1. The summed E-state index contributed by atoms with van der Waals surface area (Å²) in [6, 6.07) is 6.34. The van der Waals surface area contributed by atoms with Crippen LogP contribution in [0, 0.1) is 16.0 Å². The zero-order valence-electron chi connectivity index (χ0n) is 22.0. The number of alkyl halides is 6. The van der Waals surface area contributed by atoms with Crippen molar-refractivity contribution in [2.75, 3.05) is 60.5 Å². The van der Waals surface area contributed by atoms with Crippen LogP contribution in [0.2, 0.25) is 0 Å². The van der Waals surface area contributed by atoms with Crippen LogP contribution < -0.4 is 20.0 Å². The summed E-state index contributed by atoms with van der Waals surface area (Å²) in [4.78, 5) is 38.5. The van der Waals surface area contributed by atoms with Gasteiger partial charge in [-0.15, -0.1) is 0 Å². The Balaban J connectivity index is 1.57. The number of halogens is 6. The summed E-state index contributed by atoms with van der Waals surface area (Å²) in [5, 5.41) is 22.9. The summed E-state index contributed by atoms with van der Waals surface area (Å²) in [7, 11) is 0. The topological polar surface area (TPSA) is 119 Å². The number of carbonyl (C=O) groups excluding carboxylic acids is 1. The number of nitrogens with zero attached hydrogens (tertiary/aromatic N) is 4. The highest BCUT2D eigenvalue weighted by atomic mass is 19.4. The van der Waals surface area contributed by atoms with Crippen molar-refractivity contribution in [2.45, 2.75) is 25.2 Å². The molecule has 2 fully saturated rings. The van der Waals surface area contributed by atoms with Crippen LogP contribution in [0.25, 0.3) is 0 Å². The van der Waals surface area contributed by atoms with E-state index in [9.17, 15) is 46.0 Å². The third kappa shape index (κ3) is 6.97. The highest BCUT2D eigenvalue weighted by Gasteiger charge is 2.40. The van der Waals surface area contributed by atoms with Crippen molar-refractivity contribution < 1.29 is 46.0 Å². The maximum Gasteiger partial charge on any atom is 0.418 e. The number of carboxylic acid groups (broad SMARTS) is 1. The van der Waals surface area contributed by atoms with Crippen molar-refractivity contribution in [1.29, 1.82) is 0 Å². The summed E-state index contributed by atoms with van der Waals surface area (Å²) in [6.07, 6.45) is -9.17. The highest BCUT2D eigenvalue weighted by molar-refractivity contribution is 5.83. The zero-order valence-corrected chi connectivity index (χ0v) is 22.0. The molecule has 2 aromatic rings. The molecule has 0 bridgehead atoms. The van der Waals surface area contributed by atoms with E-state index in [-0.39, 0.29) is 63.5 Å². The minimum atomic E-state index is -4.92. The van der Waals surface area contributed by atoms with Crippen molar-refractivity contribution in [1.82, 2.24) is 5.32 Å². The molecule has 16 heteroatoms. The Bertz CT molecular complexity index is 1340. The predicted molar refractivity (Wildman–Crippen MR) is 140 cm³/mol. The minimum Gasteiger partial charge on any atom is -0.480 e. The van der Waals surface area contributed by atoms with E-state index in [4.69, 9.17) is 5.11 Å². The molecule has 0 atom stereocenters. The maximum atomic E-state index is 14.1. The molecule has 2 heterocycles. The average Bonchev–Trinajstić information content (AvgIpc) is 2.94. The molecule has 2 aromatic carbocycles. The number of benzene rings is 2. The lowest BCUT2D eigenvalue weighted by Crippen LogP contribution is -2.47. The van der Waals surface area contributed by atoms with Crippen molar-refractivity contribution >= 4 is 34.6 Å². The van der Waals surface area contributed by atoms with Gasteiger partial charge in [0.1, 0.15) is 12.2 Å². The van der Waals surface area contributed by atoms with E-state index in [0.29, 0.717) is 11.8 Å². The molecule has 4 rings (SSSR count). The molecule has 0 aliphatic carbocycles. The van der Waals surface area contributed by atoms with Crippen LogP contribution in [0.5, 0.6) is 0 Å². The van der Waals surface area contributed by atoms with E-state index in [1.807, 2.05) is 0 Å². The number of hydrogen-bond donors (Lipinski definition) is 2. The first-order valence-corrected chi connectivity index (χ1v) is 13.0. The molecule has 42 heavy (non-hydrogen) atoms.